The fourth-order valence-corrected chi connectivity index (χ4v) is 3.05. The average molecular weight is 486 g/mol. The molecule has 0 saturated heterocycles. The van der Waals surface area contributed by atoms with Crippen LogP contribution in [0.25, 0.3) is 0 Å². The number of carbonyl (C=O) groups is 1. The number of nitrogens with zero attached hydrogens (tertiary/aromatic N) is 1. The second-order valence-corrected chi connectivity index (χ2v) is 6.73. The summed E-state index contributed by atoms with van der Waals surface area (Å²) in [4.78, 5) is 17.7. The zero-order chi connectivity index (χ0) is 17.9. The maximum absolute atomic E-state index is 12.0. The van der Waals surface area contributed by atoms with Gasteiger partial charge in [-0.15, -0.1) is 35.3 Å². The van der Waals surface area contributed by atoms with E-state index in [1.165, 1.54) is 4.88 Å². The van der Waals surface area contributed by atoms with Crippen LogP contribution in [0.15, 0.2) is 52.8 Å². The minimum Gasteiger partial charge on any atom is -0.357 e. The molecule has 0 fully saturated rings. The van der Waals surface area contributed by atoms with Crippen molar-refractivity contribution in [3.8, 4) is 0 Å². The van der Waals surface area contributed by atoms with Gasteiger partial charge < -0.3 is 16.0 Å². The van der Waals surface area contributed by atoms with E-state index in [0.29, 0.717) is 18.4 Å². The lowest BCUT2D eigenvalue weighted by Crippen LogP contribution is -2.40. The number of nitrogens with one attached hydrogen (secondary N) is 3. The van der Waals surface area contributed by atoms with Crippen LogP contribution in [0, 0.1) is 0 Å². The van der Waals surface area contributed by atoms with Crippen LogP contribution < -0.4 is 16.0 Å². The highest BCUT2D eigenvalue weighted by atomic mass is 127. The van der Waals surface area contributed by atoms with E-state index >= 15 is 0 Å². The molecule has 0 radical (unpaired) electrons. The third-order valence-electron chi connectivity index (χ3n) is 3.66. The van der Waals surface area contributed by atoms with Crippen molar-refractivity contribution in [3.05, 3.63) is 58.3 Å². The minimum atomic E-state index is -0.0904. The molecule has 0 saturated carbocycles. The number of rotatable bonds is 8. The zero-order valence-electron chi connectivity index (χ0n) is 15.2. The molecule has 0 aliphatic rings. The summed E-state index contributed by atoms with van der Waals surface area (Å²) in [5, 5.41) is 11.4. The normalized spacial score (nSPS) is 12.0. The Morgan fingerprint density at radius 2 is 1.88 bits per heavy atom. The Morgan fingerprint density at radius 1 is 1.12 bits per heavy atom. The lowest BCUT2D eigenvalue weighted by Gasteiger charge is -2.15. The molecule has 1 aromatic heterocycles. The second-order valence-electron chi connectivity index (χ2n) is 5.75. The molecule has 2 rings (SSSR count). The van der Waals surface area contributed by atoms with Crippen LogP contribution in [0.1, 0.15) is 30.2 Å². The highest BCUT2D eigenvalue weighted by Crippen LogP contribution is 2.19. The highest BCUT2D eigenvalue weighted by molar-refractivity contribution is 14.0. The second kappa shape index (κ2) is 12.7. The van der Waals surface area contributed by atoms with Gasteiger partial charge in [0.15, 0.2) is 5.96 Å². The number of guanidine groups is 1. The standard InChI is InChI=1S/C19H26N4OS.HI/c1-3-20-19(22-12-15(2)17-10-7-11-25-17)23-14-18(24)21-13-16-8-5-4-6-9-16;/h4-11,15H,3,12-14H2,1-2H3,(H,21,24)(H2,20,22,23);1H. The molecular formula is C19H27IN4OS. The van der Waals surface area contributed by atoms with E-state index in [1.807, 2.05) is 37.3 Å². The molecule has 1 amide bonds. The lowest BCUT2D eigenvalue weighted by molar-refractivity contribution is -0.119. The molecule has 1 heterocycles. The van der Waals surface area contributed by atoms with Crippen LogP contribution in [0.2, 0.25) is 0 Å². The van der Waals surface area contributed by atoms with Crippen molar-refractivity contribution in [3.63, 3.8) is 0 Å². The molecule has 1 aromatic carbocycles. The SMILES string of the molecule is CCNC(=NCC(=O)NCc1ccccc1)NCC(C)c1cccs1.I. The molecule has 142 valence electrons. The Kier molecular flexibility index (Phi) is 11.0. The lowest BCUT2D eigenvalue weighted by atomic mass is 10.1. The number of halogens is 1. The number of benzene rings is 1. The molecule has 0 bridgehead atoms. The predicted octanol–water partition coefficient (Wildman–Crippen LogP) is 3.34. The number of aliphatic imine (C=N–C) groups is 1. The molecule has 5 nitrogen and oxygen atoms in total. The zero-order valence-corrected chi connectivity index (χ0v) is 18.3. The molecule has 3 N–H and O–H groups in total. The third kappa shape index (κ3) is 8.18. The van der Waals surface area contributed by atoms with Crippen molar-refractivity contribution < 1.29 is 4.79 Å². The van der Waals surface area contributed by atoms with Crippen LogP contribution in [-0.2, 0) is 11.3 Å². The molecule has 1 atom stereocenters. The Hall–Kier alpha value is -1.61. The van der Waals surface area contributed by atoms with Crippen LogP contribution in [-0.4, -0.2) is 31.5 Å². The van der Waals surface area contributed by atoms with Gasteiger partial charge in [-0.1, -0.05) is 43.3 Å². The number of thiophene rings is 1. The molecule has 0 spiro atoms. The first kappa shape index (κ1) is 22.4. The van der Waals surface area contributed by atoms with E-state index in [4.69, 9.17) is 0 Å². The summed E-state index contributed by atoms with van der Waals surface area (Å²) < 4.78 is 0. The summed E-state index contributed by atoms with van der Waals surface area (Å²) in [6, 6.07) is 14.1. The Morgan fingerprint density at radius 3 is 2.54 bits per heavy atom. The molecule has 7 heteroatoms. The van der Waals surface area contributed by atoms with Crippen molar-refractivity contribution in [1.82, 2.24) is 16.0 Å². The van der Waals surface area contributed by atoms with Crippen molar-refractivity contribution in [1.29, 1.82) is 0 Å². The molecular weight excluding hydrogens is 459 g/mol. The van der Waals surface area contributed by atoms with Crippen LogP contribution in [0.4, 0.5) is 0 Å². The Bertz CT molecular complexity index is 661. The summed E-state index contributed by atoms with van der Waals surface area (Å²) in [5.41, 5.74) is 1.08. The number of hydrogen-bond donors (Lipinski definition) is 3. The smallest absolute Gasteiger partial charge is 0.242 e. The number of hydrogen-bond acceptors (Lipinski definition) is 3. The van der Waals surface area contributed by atoms with Crippen LogP contribution >= 0.6 is 35.3 Å². The molecule has 26 heavy (non-hydrogen) atoms. The van der Waals surface area contributed by atoms with Gasteiger partial charge in [0.05, 0.1) is 0 Å². The Labute approximate surface area is 176 Å². The van der Waals surface area contributed by atoms with E-state index < -0.39 is 0 Å². The van der Waals surface area contributed by atoms with Gasteiger partial charge in [-0.05, 0) is 23.9 Å². The molecule has 1 unspecified atom stereocenters. The summed E-state index contributed by atoms with van der Waals surface area (Å²) in [5.74, 6) is 0.976. The third-order valence-corrected chi connectivity index (χ3v) is 4.77. The van der Waals surface area contributed by atoms with E-state index in [9.17, 15) is 4.79 Å². The van der Waals surface area contributed by atoms with Gasteiger partial charge in [0, 0.05) is 30.4 Å². The summed E-state index contributed by atoms with van der Waals surface area (Å²) in [6.07, 6.45) is 0. The molecule has 0 aliphatic heterocycles. The largest absolute Gasteiger partial charge is 0.357 e. The monoisotopic (exact) mass is 486 g/mol. The predicted molar refractivity (Wildman–Crippen MR) is 120 cm³/mol. The Balaban J connectivity index is 0.00000338. The van der Waals surface area contributed by atoms with Gasteiger partial charge in [0.1, 0.15) is 6.54 Å². The van der Waals surface area contributed by atoms with Crippen LogP contribution in [0.5, 0.6) is 0 Å². The molecule has 2 aromatic rings. The summed E-state index contributed by atoms with van der Waals surface area (Å²) in [6.45, 7) is 6.34. The molecule has 0 aliphatic carbocycles. The van der Waals surface area contributed by atoms with E-state index in [2.05, 4.69) is 45.4 Å². The van der Waals surface area contributed by atoms with Gasteiger partial charge in [-0.3, -0.25) is 4.79 Å². The topological polar surface area (TPSA) is 65.5 Å². The maximum atomic E-state index is 12.0. The quantitative estimate of drug-likeness (QED) is 0.305. The van der Waals surface area contributed by atoms with Crippen LogP contribution in [0.3, 0.4) is 0 Å². The minimum absolute atomic E-state index is 0. The maximum Gasteiger partial charge on any atom is 0.242 e. The van der Waals surface area contributed by atoms with Gasteiger partial charge >= 0.3 is 0 Å². The van der Waals surface area contributed by atoms with Gasteiger partial charge in [-0.25, -0.2) is 4.99 Å². The van der Waals surface area contributed by atoms with E-state index in [0.717, 1.165) is 18.7 Å². The fraction of sp³-hybridized carbons (Fsp3) is 0.368. The number of carbonyl (C=O) groups excluding carboxylic acids is 1. The van der Waals surface area contributed by atoms with Crippen molar-refractivity contribution >= 4 is 47.2 Å². The van der Waals surface area contributed by atoms with Crippen molar-refractivity contribution in [2.45, 2.75) is 26.3 Å². The van der Waals surface area contributed by atoms with Gasteiger partial charge in [0.25, 0.3) is 0 Å². The number of amides is 1. The highest BCUT2D eigenvalue weighted by Gasteiger charge is 2.08. The van der Waals surface area contributed by atoms with Gasteiger partial charge in [0.2, 0.25) is 5.91 Å². The van der Waals surface area contributed by atoms with E-state index in [1.54, 1.807) is 11.3 Å². The summed E-state index contributed by atoms with van der Waals surface area (Å²) in [7, 11) is 0. The first-order valence-corrected chi connectivity index (χ1v) is 9.43. The fourth-order valence-electron chi connectivity index (χ4n) is 2.27. The van der Waals surface area contributed by atoms with Gasteiger partial charge in [-0.2, -0.15) is 0 Å². The average Bonchev–Trinajstić information content (AvgIpc) is 3.17. The van der Waals surface area contributed by atoms with Crippen molar-refractivity contribution in [2.24, 2.45) is 4.99 Å². The first-order chi connectivity index (χ1) is 12.2. The summed E-state index contributed by atoms with van der Waals surface area (Å²) >= 11 is 1.75. The van der Waals surface area contributed by atoms with E-state index in [-0.39, 0.29) is 36.4 Å². The van der Waals surface area contributed by atoms with Crippen molar-refractivity contribution in [2.75, 3.05) is 19.6 Å². The first-order valence-electron chi connectivity index (χ1n) is 8.55.